The van der Waals surface area contributed by atoms with Crippen molar-refractivity contribution in [2.24, 2.45) is 5.73 Å². The molecule has 0 spiro atoms. The van der Waals surface area contributed by atoms with E-state index in [2.05, 4.69) is 0 Å². The summed E-state index contributed by atoms with van der Waals surface area (Å²) >= 11 is 0. The third-order valence-electron chi connectivity index (χ3n) is 1.89. The van der Waals surface area contributed by atoms with Crippen LogP contribution in [-0.4, -0.2) is 6.54 Å². The molecule has 1 nitrogen and oxygen atoms in total. The van der Waals surface area contributed by atoms with Gasteiger partial charge in [0, 0.05) is 0 Å². The molecule has 1 rings (SSSR count). The summed E-state index contributed by atoms with van der Waals surface area (Å²) in [6.45, 7) is 0.401. The first-order chi connectivity index (χ1) is 7.43. The van der Waals surface area contributed by atoms with Gasteiger partial charge in [-0.3, -0.25) is 0 Å². The van der Waals surface area contributed by atoms with Gasteiger partial charge in [-0.05, 0) is 36.7 Å². The highest BCUT2D eigenvalue weighted by molar-refractivity contribution is 5.51. The Morgan fingerprint density at radius 1 is 1.19 bits per heavy atom. The topological polar surface area (TPSA) is 26.0 Å². The van der Waals surface area contributed by atoms with Gasteiger partial charge in [-0.1, -0.05) is 12.2 Å². The highest BCUT2D eigenvalue weighted by Gasteiger charge is 2.31. The second kappa shape index (κ2) is 5.12. The van der Waals surface area contributed by atoms with Crippen LogP contribution in [0.3, 0.4) is 0 Å². The SMILES string of the molecule is NCC/C=C/c1cc(F)cc(C(F)(F)F)c1. The Morgan fingerprint density at radius 3 is 2.44 bits per heavy atom. The zero-order chi connectivity index (χ0) is 12.2. The predicted octanol–water partition coefficient (Wildman–Crippen LogP) is 3.21. The van der Waals surface area contributed by atoms with E-state index in [1.165, 1.54) is 6.08 Å². The molecule has 0 bridgehead atoms. The summed E-state index contributed by atoms with van der Waals surface area (Å²) in [7, 11) is 0. The number of hydrogen-bond acceptors (Lipinski definition) is 1. The fourth-order valence-electron chi connectivity index (χ4n) is 1.19. The maximum atomic E-state index is 12.9. The third-order valence-corrected chi connectivity index (χ3v) is 1.89. The van der Waals surface area contributed by atoms with Gasteiger partial charge in [0.05, 0.1) is 5.56 Å². The number of rotatable bonds is 3. The van der Waals surface area contributed by atoms with Crippen LogP contribution in [0.1, 0.15) is 17.5 Å². The monoisotopic (exact) mass is 233 g/mol. The summed E-state index contributed by atoms with van der Waals surface area (Å²) in [5.41, 5.74) is 4.41. The van der Waals surface area contributed by atoms with Crippen molar-refractivity contribution < 1.29 is 17.6 Å². The van der Waals surface area contributed by atoms with Crippen molar-refractivity contribution >= 4 is 6.08 Å². The molecule has 0 aliphatic rings. The van der Waals surface area contributed by atoms with Gasteiger partial charge in [-0.15, -0.1) is 0 Å². The number of nitrogens with two attached hydrogens (primary N) is 1. The highest BCUT2D eigenvalue weighted by atomic mass is 19.4. The molecule has 2 N–H and O–H groups in total. The summed E-state index contributed by atoms with van der Waals surface area (Å²) in [5.74, 6) is -0.901. The van der Waals surface area contributed by atoms with Crippen LogP contribution >= 0.6 is 0 Å². The summed E-state index contributed by atoms with van der Waals surface area (Å²) in [6.07, 6.45) is -0.962. The van der Waals surface area contributed by atoms with Gasteiger partial charge in [0.25, 0.3) is 0 Å². The van der Waals surface area contributed by atoms with Gasteiger partial charge >= 0.3 is 6.18 Å². The van der Waals surface area contributed by atoms with Crippen LogP contribution in [0.15, 0.2) is 24.3 Å². The minimum absolute atomic E-state index is 0.181. The zero-order valence-corrected chi connectivity index (χ0v) is 8.39. The average molecular weight is 233 g/mol. The Kier molecular flexibility index (Phi) is 4.06. The smallest absolute Gasteiger partial charge is 0.330 e. The van der Waals surface area contributed by atoms with Crippen LogP contribution in [0.4, 0.5) is 17.6 Å². The van der Waals surface area contributed by atoms with Crippen molar-refractivity contribution in [3.63, 3.8) is 0 Å². The lowest BCUT2D eigenvalue weighted by atomic mass is 10.1. The quantitative estimate of drug-likeness (QED) is 0.797. The Balaban J connectivity index is 2.99. The molecule has 0 fully saturated rings. The van der Waals surface area contributed by atoms with E-state index in [1.54, 1.807) is 6.08 Å². The lowest BCUT2D eigenvalue weighted by molar-refractivity contribution is -0.137. The van der Waals surface area contributed by atoms with E-state index in [9.17, 15) is 17.6 Å². The molecule has 16 heavy (non-hydrogen) atoms. The maximum Gasteiger partial charge on any atom is 0.416 e. The van der Waals surface area contributed by atoms with Crippen LogP contribution in [0.2, 0.25) is 0 Å². The summed E-state index contributed by atoms with van der Waals surface area (Å²) in [6, 6.07) is 2.42. The molecule has 0 amide bonds. The summed E-state index contributed by atoms with van der Waals surface area (Å²) in [4.78, 5) is 0. The van der Waals surface area contributed by atoms with Crippen LogP contribution < -0.4 is 5.73 Å². The Morgan fingerprint density at radius 2 is 1.88 bits per heavy atom. The van der Waals surface area contributed by atoms with E-state index in [0.29, 0.717) is 19.0 Å². The molecule has 0 aliphatic carbocycles. The summed E-state index contributed by atoms with van der Waals surface area (Å²) in [5, 5.41) is 0. The minimum Gasteiger partial charge on any atom is -0.330 e. The largest absolute Gasteiger partial charge is 0.416 e. The standard InChI is InChI=1S/C11H11F4N/c12-10-6-8(3-1-2-4-16)5-9(7-10)11(13,14)15/h1,3,5-7H,2,4,16H2/b3-1+. The van der Waals surface area contributed by atoms with Crippen LogP contribution in [-0.2, 0) is 6.18 Å². The van der Waals surface area contributed by atoms with Gasteiger partial charge < -0.3 is 5.73 Å². The maximum absolute atomic E-state index is 12.9. The Hall–Kier alpha value is -1.36. The van der Waals surface area contributed by atoms with E-state index in [-0.39, 0.29) is 5.56 Å². The van der Waals surface area contributed by atoms with Gasteiger partial charge in [0.2, 0.25) is 0 Å². The second-order valence-electron chi connectivity index (χ2n) is 3.25. The Bertz CT molecular complexity index is 382. The molecule has 0 atom stereocenters. The first-order valence-corrected chi connectivity index (χ1v) is 4.68. The molecular weight excluding hydrogens is 222 g/mol. The fraction of sp³-hybridized carbons (Fsp3) is 0.273. The lowest BCUT2D eigenvalue weighted by Crippen LogP contribution is -2.05. The van der Waals surface area contributed by atoms with Gasteiger partial charge in [-0.2, -0.15) is 13.2 Å². The van der Waals surface area contributed by atoms with E-state index in [4.69, 9.17) is 5.73 Å². The van der Waals surface area contributed by atoms with E-state index in [0.717, 1.165) is 12.1 Å². The normalized spacial score (nSPS) is 12.3. The first kappa shape index (κ1) is 12.7. The molecule has 0 saturated heterocycles. The van der Waals surface area contributed by atoms with Gasteiger partial charge in [0.1, 0.15) is 5.82 Å². The highest BCUT2D eigenvalue weighted by Crippen LogP contribution is 2.30. The lowest BCUT2D eigenvalue weighted by Gasteiger charge is -2.07. The molecule has 5 heteroatoms. The second-order valence-corrected chi connectivity index (χ2v) is 3.25. The molecule has 0 saturated carbocycles. The molecule has 1 aromatic rings. The fourth-order valence-corrected chi connectivity index (χ4v) is 1.19. The average Bonchev–Trinajstić information content (AvgIpc) is 2.16. The van der Waals surface area contributed by atoms with Crippen LogP contribution in [0.25, 0.3) is 6.08 Å². The predicted molar refractivity (Wildman–Crippen MR) is 54.1 cm³/mol. The van der Waals surface area contributed by atoms with Gasteiger partial charge in [0.15, 0.2) is 0 Å². The molecule has 1 aromatic carbocycles. The number of benzene rings is 1. The number of halogens is 4. The molecule has 88 valence electrons. The first-order valence-electron chi connectivity index (χ1n) is 4.68. The van der Waals surface area contributed by atoms with Crippen LogP contribution in [0.5, 0.6) is 0 Å². The van der Waals surface area contributed by atoms with Crippen LogP contribution in [0, 0.1) is 5.82 Å². The van der Waals surface area contributed by atoms with E-state index >= 15 is 0 Å². The van der Waals surface area contributed by atoms with Crippen molar-refractivity contribution in [3.05, 3.63) is 41.2 Å². The van der Waals surface area contributed by atoms with Crippen molar-refractivity contribution in [1.82, 2.24) is 0 Å². The Labute approximate surface area is 90.6 Å². The molecule has 0 aliphatic heterocycles. The van der Waals surface area contributed by atoms with Gasteiger partial charge in [-0.25, -0.2) is 4.39 Å². The van der Waals surface area contributed by atoms with Crippen molar-refractivity contribution in [2.75, 3.05) is 6.54 Å². The molecule has 0 aromatic heterocycles. The molecular formula is C11H11F4N. The molecule has 0 unspecified atom stereocenters. The third kappa shape index (κ3) is 3.66. The summed E-state index contributed by atoms with van der Waals surface area (Å²) < 4.78 is 49.9. The van der Waals surface area contributed by atoms with Crippen molar-refractivity contribution in [1.29, 1.82) is 0 Å². The van der Waals surface area contributed by atoms with E-state index < -0.39 is 17.6 Å². The number of alkyl halides is 3. The number of hydrogen-bond donors (Lipinski definition) is 1. The van der Waals surface area contributed by atoms with Crippen molar-refractivity contribution in [3.8, 4) is 0 Å². The minimum atomic E-state index is -4.53. The van der Waals surface area contributed by atoms with E-state index in [1.807, 2.05) is 0 Å². The zero-order valence-electron chi connectivity index (χ0n) is 8.39. The molecule has 0 radical (unpaired) electrons. The van der Waals surface area contributed by atoms with Crippen molar-refractivity contribution in [2.45, 2.75) is 12.6 Å². The molecule has 0 heterocycles.